The summed E-state index contributed by atoms with van der Waals surface area (Å²) >= 11 is 5.99. The second-order valence-corrected chi connectivity index (χ2v) is 7.94. The van der Waals surface area contributed by atoms with Crippen molar-refractivity contribution in [3.8, 4) is 16.9 Å². The van der Waals surface area contributed by atoms with Crippen LogP contribution in [-0.2, 0) is 6.42 Å². The lowest BCUT2D eigenvalue weighted by atomic mass is 9.99. The number of aromatic carboxylic acids is 1. The molecule has 0 amide bonds. The third-order valence-electron chi connectivity index (χ3n) is 5.15. The van der Waals surface area contributed by atoms with E-state index in [1.165, 1.54) is 7.11 Å². The maximum absolute atomic E-state index is 11.3. The second-order valence-electron chi connectivity index (χ2n) is 7.50. The van der Waals surface area contributed by atoms with Crippen molar-refractivity contribution < 1.29 is 19.7 Å². The van der Waals surface area contributed by atoms with E-state index in [-0.39, 0.29) is 11.6 Å². The number of carboxylic acid groups (broad SMARTS) is 1. The van der Waals surface area contributed by atoms with E-state index < -0.39 is 12.1 Å². The maximum Gasteiger partial charge on any atom is 0.339 e. The normalized spacial score (nSPS) is 12.9. The smallest absolute Gasteiger partial charge is 0.339 e. The van der Waals surface area contributed by atoms with Crippen LogP contribution in [0.5, 0.6) is 5.75 Å². The Morgan fingerprint density at radius 3 is 2.42 bits per heavy atom. The van der Waals surface area contributed by atoms with E-state index >= 15 is 0 Å². The summed E-state index contributed by atoms with van der Waals surface area (Å²) in [6, 6.07) is 20.6. The molecule has 0 saturated carbocycles. The van der Waals surface area contributed by atoms with Gasteiger partial charge in [0.25, 0.3) is 0 Å². The standard InChI is InChI=1S/C25H26ClNO4/c1-16(27-15-23(28)20-4-3-5-21(26)13-20)12-17-6-8-18(9-7-17)19-10-11-22(25(29)30)24(14-19)31-2/h3-11,13-14,16,23,27-28H,12,15H2,1-2H3,(H,29,30)/t16-,23+/m1/s1. The Labute approximate surface area is 187 Å². The molecule has 162 valence electrons. The van der Waals surface area contributed by atoms with Crippen molar-refractivity contribution in [2.45, 2.75) is 25.5 Å². The molecule has 0 bridgehead atoms. The first-order chi connectivity index (χ1) is 14.9. The Hall–Kier alpha value is -2.86. The fourth-order valence-corrected chi connectivity index (χ4v) is 3.65. The molecule has 31 heavy (non-hydrogen) atoms. The lowest BCUT2D eigenvalue weighted by molar-refractivity contribution is 0.0693. The highest BCUT2D eigenvalue weighted by Gasteiger charge is 2.13. The molecule has 0 aliphatic heterocycles. The predicted molar refractivity (Wildman–Crippen MR) is 123 cm³/mol. The molecule has 0 radical (unpaired) electrons. The average molecular weight is 440 g/mol. The molecule has 0 unspecified atom stereocenters. The van der Waals surface area contributed by atoms with Gasteiger partial charge >= 0.3 is 5.97 Å². The first-order valence-electron chi connectivity index (χ1n) is 10.0. The van der Waals surface area contributed by atoms with Gasteiger partial charge in [-0.15, -0.1) is 0 Å². The van der Waals surface area contributed by atoms with Crippen LogP contribution in [0.4, 0.5) is 0 Å². The van der Waals surface area contributed by atoms with Crippen molar-refractivity contribution in [3.05, 3.63) is 88.4 Å². The molecule has 3 N–H and O–H groups in total. The monoisotopic (exact) mass is 439 g/mol. The number of rotatable bonds is 9. The summed E-state index contributed by atoms with van der Waals surface area (Å²) in [6.45, 7) is 2.52. The van der Waals surface area contributed by atoms with Crippen molar-refractivity contribution >= 4 is 17.6 Å². The summed E-state index contributed by atoms with van der Waals surface area (Å²) in [5, 5.41) is 23.5. The number of nitrogens with one attached hydrogen (secondary N) is 1. The Morgan fingerprint density at radius 2 is 1.77 bits per heavy atom. The number of halogens is 1. The van der Waals surface area contributed by atoms with Gasteiger partial charge in [0.15, 0.2) is 0 Å². The van der Waals surface area contributed by atoms with Crippen LogP contribution in [0.25, 0.3) is 11.1 Å². The Morgan fingerprint density at radius 1 is 1.06 bits per heavy atom. The van der Waals surface area contributed by atoms with Crippen molar-refractivity contribution in [1.29, 1.82) is 0 Å². The molecule has 3 rings (SSSR count). The van der Waals surface area contributed by atoms with E-state index in [4.69, 9.17) is 16.3 Å². The lowest BCUT2D eigenvalue weighted by Crippen LogP contribution is -2.32. The van der Waals surface area contributed by atoms with Crippen LogP contribution in [0.3, 0.4) is 0 Å². The highest BCUT2D eigenvalue weighted by molar-refractivity contribution is 6.30. The third kappa shape index (κ3) is 6.07. The van der Waals surface area contributed by atoms with Crippen LogP contribution in [0, 0.1) is 0 Å². The van der Waals surface area contributed by atoms with Crippen LogP contribution in [0.2, 0.25) is 5.02 Å². The molecule has 5 nitrogen and oxygen atoms in total. The van der Waals surface area contributed by atoms with Gasteiger partial charge in [0, 0.05) is 17.6 Å². The fraction of sp³-hybridized carbons (Fsp3) is 0.240. The summed E-state index contributed by atoms with van der Waals surface area (Å²) < 4.78 is 5.21. The molecule has 0 fully saturated rings. The molecule has 3 aromatic carbocycles. The number of carbonyl (C=O) groups is 1. The minimum absolute atomic E-state index is 0.141. The molecular formula is C25H26ClNO4. The van der Waals surface area contributed by atoms with Crippen molar-refractivity contribution in [1.82, 2.24) is 5.32 Å². The molecule has 6 heteroatoms. The molecular weight excluding hydrogens is 414 g/mol. The minimum Gasteiger partial charge on any atom is -0.496 e. The van der Waals surface area contributed by atoms with E-state index in [0.29, 0.717) is 17.3 Å². The molecule has 0 heterocycles. The van der Waals surface area contributed by atoms with Crippen molar-refractivity contribution in [2.24, 2.45) is 0 Å². The van der Waals surface area contributed by atoms with Gasteiger partial charge in [0.1, 0.15) is 11.3 Å². The van der Waals surface area contributed by atoms with Crippen LogP contribution in [0.1, 0.15) is 34.5 Å². The molecule has 0 saturated heterocycles. The zero-order chi connectivity index (χ0) is 22.4. The number of ether oxygens (including phenoxy) is 1. The Bertz CT molecular complexity index is 1040. The fourth-order valence-electron chi connectivity index (χ4n) is 3.45. The molecule has 0 aromatic heterocycles. The number of hydrogen-bond acceptors (Lipinski definition) is 4. The minimum atomic E-state index is -1.01. The largest absolute Gasteiger partial charge is 0.496 e. The van der Waals surface area contributed by atoms with Gasteiger partial charge in [-0.2, -0.15) is 0 Å². The molecule has 3 aromatic rings. The highest BCUT2D eigenvalue weighted by atomic mass is 35.5. The van der Waals surface area contributed by atoms with Gasteiger partial charge in [-0.25, -0.2) is 4.79 Å². The van der Waals surface area contributed by atoms with Gasteiger partial charge in [-0.05, 0) is 59.9 Å². The van der Waals surface area contributed by atoms with E-state index in [2.05, 4.69) is 24.4 Å². The Kier molecular flexibility index (Phi) is 7.69. The molecule has 0 spiro atoms. The quantitative estimate of drug-likeness (QED) is 0.438. The van der Waals surface area contributed by atoms with E-state index in [0.717, 1.165) is 28.7 Å². The van der Waals surface area contributed by atoms with Gasteiger partial charge in [-0.1, -0.05) is 54.1 Å². The van der Waals surface area contributed by atoms with Crippen LogP contribution < -0.4 is 10.1 Å². The van der Waals surface area contributed by atoms with Gasteiger partial charge < -0.3 is 20.3 Å². The number of aliphatic hydroxyl groups is 1. The topological polar surface area (TPSA) is 78.8 Å². The number of carboxylic acids is 1. The van der Waals surface area contributed by atoms with E-state index in [9.17, 15) is 15.0 Å². The van der Waals surface area contributed by atoms with Gasteiger partial charge in [0.2, 0.25) is 0 Å². The predicted octanol–water partition coefficient (Wildman–Crippen LogP) is 4.97. The van der Waals surface area contributed by atoms with Gasteiger partial charge in [0.05, 0.1) is 13.2 Å². The van der Waals surface area contributed by atoms with Crippen LogP contribution in [-0.4, -0.2) is 35.9 Å². The zero-order valence-electron chi connectivity index (χ0n) is 17.5. The average Bonchev–Trinajstić information content (AvgIpc) is 2.77. The summed E-state index contributed by atoms with van der Waals surface area (Å²) in [4.78, 5) is 11.3. The maximum atomic E-state index is 11.3. The zero-order valence-corrected chi connectivity index (χ0v) is 18.3. The number of hydrogen-bond donors (Lipinski definition) is 3. The summed E-state index contributed by atoms with van der Waals surface area (Å²) in [6.07, 6.45) is 0.191. The van der Waals surface area contributed by atoms with E-state index in [1.54, 1.807) is 30.3 Å². The lowest BCUT2D eigenvalue weighted by Gasteiger charge is -2.18. The number of aliphatic hydroxyl groups excluding tert-OH is 1. The molecule has 0 aliphatic rings. The first-order valence-corrected chi connectivity index (χ1v) is 10.4. The molecule has 0 aliphatic carbocycles. The van der Waals surface area contributed by atoms with Crippen molar-refractivity contribution in [2.75, 3.05) is 13.7 Å². The van der Waals surface area contributed by atoms with Gasteiger partial charge in [-0.3, -0.25) is 0 Å². The van der Waals surface area contributed by atoms with E-state index in [1.807, 2.05) is 24.3 Å². The Balaban J connectivity index is 1.59. The number of benzene rings is 3. The first kappa shape index (κ1) is 22.8. The van der Waals surface area contributed by atoms with Crippen LogP contribution in [0.15, 0.2) is 66.7 Å². The molecule has 2 atom stereocenters. The van der Waals surface area contributed by atoms with Crippen molar-refractivity contribution in [3.63, 3.8) is 0 Å². The second kappa shape index (κ2) is 10.4. The number of methoxy groups -OCH3 is 1. The summed E-state index contributed by atoms with van der Waals surface area (Å²) in [5.74, 6) is -0.675. The highest BCUT2D eigenvalue weighted by Crippen LogP contribution is 2.28. The third-order valence-corrected chi connectivity index (χ3v) is 5.39. The summed E-state index contributed by atoms with van der Waals surface area (Å²) in [5.41, 5.74) is 3.97. The van der Waals surface area contributed by atoms with Crippen LogP contribution >= 0.6 is 11.6 Å². The summed E-state index contributed by atoms with van der Waals surface area (Å²) in [7, 11) is 1.46. The SMILES string of the molecule is COc1cc(-c2ccc(C[C@@H](C)NC[C@H](O)c3cccc(Cl)c3)cc2)ccc1C(=O)O.